The summed E-state index contributed by atoms with van der Waals surface area (Å²) in [4.78, 5) is 4.03. The molecule has 13 heavy (non-hydrogen) atoms. The number of aryl methyl sites for hydroxylation is 1. The molecule has 0 aliphatic rings. The molecule has 1 aromatic heterocycles. The predicted octanol–water partition coefficient (Wildman–Crippen LogP) is 2.84. The van der Waals surface area contributed by atoms with Gasteiger partial charge in [-0.2, -0.15) is 0 Å². The van der Waals surface area contributed by atoms with Gasteiger partial charge in [-0.1, -0.05) is 24.9 Å². The van der Waals surface area contributed by atoms with Crippen LogP contribution in [0.15, 0.2) is 12.3 Å². The van der Waals surface area contributed by atoms with Crippen molar-refractivity contribution in [2.24, 2.45) is 5.73 Å². The van der Waals surface area contributed by atoms with Crippen molar-refractivity contribution in [2.75, 3.05) is 0 Å². The third kappa shape index (κ3) is 2.68. The van der Waals surface area contributed by atoms with Gasteiger partial charge in [-0.05, 0) is 30.5 Å². The third-order valence-corrected chi connectivity index (χ3v) is 2.32. The second-order valence-corrected chi connectivity index (χ2v) is 3.65. The molecule has 2 nitrogen and oxygen atoms in total. The van der Waals surface area contributed by atoms with Crippen molar-refractivity contribution in [1.82, 2.24) is 4.98 Å². The minimum absolute atomic E-state index is 0.0924. The molecule has 0 radical (unpaired) electrons. The molecule has 0 aromatic carbocycles. The van der Waals surface area contributed by atoms with Crippen molar-refractivity contribution in [1.29, 1.82) is 0 Å². The van der Waals surface area contributed by atoms with E-state index in [4.69, 9.17) is 17.3 Å². The molecule has 1 atom stereocenters. The van der Waals surface area contributed by atoms with E-state index in [1.165, 1.54) is 0 Å². The molecular weight excluding hydrogens is 184 g/mol. The molecule has 0 aliphatic heterocycles. The van der Waals surface area contributed by atoms with E-state index in [-0.39, 0.29) is 6.04 Å². The number of aromatic nitrogens is 1. The Kier molecular flexibility index (Phi) is 3.70. The van der Waals surface area contributed by atoms with Crippen LogP contribution in [0, 0.1) is 6.92 Å². The Morgan fingerprint density at radius 3 is 2.85 bits per heavy atom. The zero-order valence-corrected chi connectivity index (χ0v) is 8.80. The van der Waals surface area contributed by atoms with Gasteiger partial charge in [-0.3, -0.25) is 0 Å². The molecule has 0 saturated heterocycles. The van der Waals surface area contributed by atoms with E-state index in [0.29, 0.717) is 5.15 Å². The first kappa shape index (κ1) is 10.5. The number of rotatable bonds is 3. The minimum atomic E-state index is 0.0924. The maximum absolute atomic E-state index is 5.97. The van der Waals surface area contributed by atoms with E-state index in [0.717, 1.165) is 24.0 Å². The van der Waals surface area contributed by atoms with Gasteiger partial charge >= 0.3 is 0 Å². The Bertz CT molecular complexity index is 286. The summed E-state index contributed by atoms with van der Waals surface area (Å²) < 4.78 is 0. The van der Waals surface area contributed by atoms with Crippen molar-refractivity contribution in [3.8, 4) is 0 Å². The molecule has 1 rings (SSSR count). The van der Waals surface area contributed by atoms with Crippen LogP contribution in [-0.2, 0) is 0 Å². The average Bonchev–Trinajstić information content (AvgIpc) is 2.04. The summed E-state index contributed by atoms with van der Waals surface area (Å²) >= 11 is 5.75. The van der Waals surface area contributed by atoms with Crippen molar-refractivity contribution in [2.45, 2.75) is 32.7 Å². The Hall–Kier alpha value is -0.600. The summed E-state index contributed by atoms with van der Waals surface area (Å²) in [7, 11) is 0. The van der Waals surface area contributed by atoms with Crippen LogP contribution in [0.5, 0.6) is 0 Å². The smallest absolute Gasteiger partial charge is 0.129 e. The number of nitrogens with two attached hydrogens (primary N) is 1. The zero-order chi connectivity index (χ0) is 9.84. The third-order valence-electron chi connectivity index (χ3n) is 2.12. The molecule has 72 valence electrons. The van der Waals surface area contributed by atoms with Gasteiger partial charge < -0.3 is 5.73 Å². The molecule has 0 spiro atoms. The quantitative estimate of drug-likeness (QED) is 0.759. The number of hydrogen-bond acceptors (Lipinski definition) is 2. The molecule has 0 amide bonds. The molecule has 0 bridgehead atoms. The number of pyridine rings is 1. The zero-order valence-electron chi connectivity index (χ0n) is 8.05. The maximum atomic E-state index is 5.97. The first-order valence-electron chi connectivity index (χ1n) is 4.52. The van der Waals surface area contributed by atoms with E-state index >= 15 is 0 Å². The van der Waals surface area contributed by atoms with Gasteiger partial charge in [0.15, 0.2) is 0 Å². The van der Waals surface area contributed by atoms with Gasteiger partial charge in [0, 0.05) is 12.2 Å². The Balaban J connectivity index is 2.88. The Labute approximate surface area is 84.1 Å². The van der Waals surface area contributed by atoms with Gasteiger partial charge in [-0.15, -0.1) is 0 Å². The summed E-state index contributed by atoms with van der Waals surface area (Å²) in [6, 6.07) is 1.95. The normalized spacial score (nSPS) is 12.9. The molecule has 0 aliphatic carbocycles. The lowest BCUT2D eigenvalue weighted by Gasteiger charge is -2.12. The van der Waals surface area contributed by atoms with Gasteiger partial charge in [0.1, 0.15) is 5.15 Å². The lowest BCUT2D eigenvalue weighted by molar-refractivity contribution is 0.633. The van der Waals surface area contributed by atoms with Crippen LogP contribution >= 0.6 is 11.6 Å². The lowest BCUT2D eigenvalue weighted by Crippen LogP contribution is -2.11. The van der Waals surface area contributed by atoms with Crippen molar-refractivity contribution in [3.05, 3.63) is 28.5 Å². The molecule has 3 heteroatoms. The van der Waals surface area contributed by atoms with Crippen LogP contribution < -0.4 is 5.73 Å². The van der Waals surface area contributed by atoms with E-state index in [2.05, 4.69) is 11.9 Å². The van der Waals surface area contributed by atoms with Crippen LogP contribution in [0.25, 0.3) is 0 Å². The van der Waals surface area contributed by atoms with Gasteiger partial charge in [0.25, 0.3) is 0 Å². The maximum Gasteiger partial charge on any atom is 0.129 e. The summed E-state index contributed by atoms with van der Waals surface area (Å²) in [6.45, 7) is 4.14. The summed E-state index contributed by atoms with van der Waals surface area (Å²) in [5, 5.41) is 0.532. The highest BCUT2D eigenvalue weighted by molar-refractivity contribution is 6.29. The Morgan fingerprint density at radius 2 is 2.31 bits per heavy atom. The molecular formula is C10H15ClN2. The molecule has 1 heterocycles. The van der Waals surface area contributed by atoms with E-state index in [9.17, 15) is 0 Å². The first-order valence-corrected chi connectivity index (χ1v) is 4.90. The van der Waals surface area contributed by atoms with Crippen LogP contribution in [0.2, 0.25) is 5.15 Å². The van der Waals surface area contributed by atoms with E-state index in [1.54, 1.807) is 6.20 Å². The molecule has 0 unspecified atom stereocenters. The second kappa shape index (κ2) is 4.58. The van der Waals surface area contributed by atoms with E-state index in [1.807, 2.05) is 13.0 Å². The number of nitrogens with zero attached hydrogens (tertiary/aromatic N) is 1. The van der Waals surface area contributed by atoms with Crippen molar-refractivity contribution >= 4 is 11.6 Å². The lowest BCUT2D eigenvalue weighted by atomic mass is 10.0. The Morgan fingerprint density at radius 1 is 1.62 bits per heavy atom. The van der Waals surface area contributed by atoms with Crippen molar-refractivity contribution < 1.29 is 0 Å². The van der Waals surface area contributed by atoms with Gasteiger partial charge in [-0.25, -0.2) is 4.98 Å². The number of hydrogen-bond donors (Lipinski definition) is 1. The fourth-order valence-electron chi connectivity index (χ4n) is 1.39. The first-order chi connectivity index (χ1) is 6.15. The molecule has 0 fully saturated rings. The number of halogens is 1. The van der Waals surface area contributed by atoms with E-state index < -0.39 is 0 Å². The molecule has 0 saturated carbocycles. The topological polar surface area (TPSA) is 38.9 Å². The highest BCUT2D eigenvalue weighted by Gasteiger charge is 2.08. The summed E-state index contributed by atoms with van der Waals surface area (Å²) in [6.07, 6.45) is 3.85. The average molecular weight is 199 g/mol. The fourth-order valence-corrected chi connectivity index (χ4v) is 1.60. The van der Waals surface area contributed by atoms with Gasteiger partial charge in [0.05, 0.1) is 0 Å². The predicted molar refractivity (Wildman–Crippen MR) is 55.8 cm³/mol. The van der Waals surface area contributed by atoms with Gasteiger partial charge in [0.2, 0.25) is 0 Å². The fraction of sp³-hybridized carbons (Fsp3) is 0.500. The van der Waals surface area contributed by atoms with Crippen molar-refractivity contribution in [3.63, 3.8) is 0 Å². The standard InChI is InChI=1S/C10H15ClN2/c1-3-4-9(12)8-6-13-10(11)5-7(8)2/h5-6,9H,3-4,12H2,1-2H3/t9-/m1/s1. The monoisotopic (exact) mass is 198 g/mol. The van der Waals surface area contributed by atoms with Crippen LogP contribution in [0.3, 0.4) is 0 Å². The highest BCUT2D eigenvalue weighted by atomic mass is 35.5. The summed E-state index contributed by atoms with van der Waals surface area (Å²) in [5.74, 6) is 0. The minimum Gasteiger partial charge on any atom is -0.324 e. The SMILES string of the molecule is CCC[C@@H](N)c1cnc(Cl)cc1C. The summed E-state index contributed by atoms with van der Waals surface area (Å²) in [5.41, 5.74) is 8.20. The second-order valence-electron chi connectivity index (χ2n) is 3.26. The largest absolute Gasteiger partial charge is 0.324 e. The van der Waals surface area contributed by atoms with Crippen LogP contribution in [0.4, 0.5) is 0 Å². The highest BCUT2D eigenvalue weighted by Crippen LogP contribution is 2.20. The van der Waals surface area contributed by atoms with Crippen LogP contribution in [0.1, 0.15) is 36.9 Å². The molecule has 2 N–H and O–H groups in total. The molecule has 1 aromatic rings. The van der Waals surface area contributed by atoms with Crippen LogP contribution in [-0.4, -0.2) is 4.98 Å².